The van der Waals surface area contributed by atoms with Crippen molar-refractivity contribution in [1.82, 2.24) is 10.6 Å². The van der Waals surface area contributed by atoms with E-state index in [1.54, 1.807) is 45.2 Å². The van der Waals surface area contributed by atoms with E-state index in [2.05, 4.69) is 10.6 Å². The summed E-state index contributed by atoms with van der Waals surface area (Å²) in [5, 5.41) is 5.70. The lowest BCUT2D eigenvalue weighted by Gasteiger charge is -2.31. The summed E-state index contributed by atoms with van der Waals surface area (Å²) in [6.45, 7) is 5.95. The Labute approximate surface area is 211 Å². The van der Waals surface area contributed by atoms with Crippen LogP contribution in [0, 0.1) is 6.92 Å². The number of para-hydroxylation sites is 1. The smallest absolute Gasteiger partial charge is 0.338 e. The van der Waals surface area contributed by atoms with Crippen molar-refractivity contribution in [2.45, 2.75) is 39.5 Å². The number of carbonyl (C=O) groups is 2. The normalized spacial score (nSPS) is 15.2. The van der Waals surface area contributed by atoms with Crippen LogP contribution in [-0.4, -0.2) is 25.2 Å². The molecule has 0 radical (unpaired) electrons. The highest BCUT2D eigenvalue weighted by Gasteiger charge is 2.36. The van der Waals surface area contributed by atoms with Gasteiger partial charge in [-0.3, -0.25) is 0 Å². The standard InChI is InChI=1S/C29H30N2O5/c1-18(2)36-28(32)25-26(21-13-15-22(34-4)16-14-21)30-29(33)31-27(25)23-7-5-6-8-24(23)35-17-20-11-9-19(3)10-12-20/h5-16,18,27H,17H2,1-4H3,(H2,30,31,33). The molecule has 0 aromatic heterocycles. The van der Waals surface area contributed by atoms with Gasteiger partial charge in [0.2, 0.25) is 0 Å². The van der Waals surface area contributed by atoms with Gasteiger partial charge >= 0.3 is 12.0 Å². The quantitative estimate of drug-likeness (QED) is 0.422. The van der Waals surface area contributed by atoms with Crippen molar-refractivity contribution in [3.8, 4) is 11.5 Å². The molecule has 0 bridgehead atoms. The zero-order valence-electron chi connectivity index (χ0n) is 20.8. The van der Waals surface area contributed by atoms with Crippen LogP contribution in [0.15, 0.2) is 78.4 Å². The Morgan fingerprint density at radius 1 is 0.972 bits per heavy atom. The lowest BCUT2D eigenvalue weighted by Crippen LogP contribution is -2.45. The van der Waals surface area contributed by atoms with Gasteiger partial charge in [-0.15, -0.1) is 0 Å². The molecule has 186 valence electrons. The Hall–Kier alpha value is -4.26. The van der Waals surface area contributed by atoms with E-state index < -0.39 is 18.0 Å². The van der Waals surface area contributed by atoms with E-state index in [1.165, 1.54) is 5.56 Å². The summed E-state index contributed by atoms with van der Waals surface area (Å²) >= 11 is 0. The van der Waals surface area contributed by atoms with Gasteiger partial charge in [0.25, 0.3) is 0 Å². The van der Waals surface area contributed by atoms with E-state index in [-0.39, 0.29) is 6.10 Å². The first-order chi connectivity index (χ1) is 17.4. The Balaban J connectivity index is 1.77. The average Bonchev–Trinajstić information content (AvgIpc) is 2.87. The van der Waals surface area contributed by atoms with Crippen LogP contribution in [0.2, 0.25) is 0 Å². The number of amides is 2. The van der Waals surface area contributed by atoms with E-state index in [4.69, 9.17) is 14.2 Å². The number of benzene rings is 3. The molecule has 1 atom stereocenters. The Morgan fingerprint density at radius 3 is 2.33 bits per heavy atom. The highest BCUT2D eigenvalue weighted by molar-refractivity contribution is 6.04. The second-order valence-electron chi connectivity index (χ2n) is 8.81. The van der Waals surface area contributed by atoms with Crippen LogP contribution in [-0.2, 0) is 16.1 Å². The van der Waals surface area contributed by atoms with E-state index in [1.807, 2.05) is 55.5 Å². The largest absolute Gasteiger partial charge is 0.497 e. The number of hydrogen-bond donors (Lipinski definition) is 2. The van der Waals surface area contributed by atoms with E-state index in [0.29, 0.717) is 40.5 Å². The first-order valence-corrected chi connectivity index (χ1v) is 11.8. The molecule has 1 unspecified atom stereocenters. The predicted octanol–water partition coefficient (Wildman–Crippen LogP) is 5.30. The number of carbonyl (C=O) groups excluding carboxylic acids is 2. The molecule has 0 saturated carbocycles. The molecule has 7 heteroatoms. The lowest BCUT2D eigenvalue weighted by atomic mass is 9.92. The van der Waals surface area contributed by atoms with Crippen molar-refractivity contribution in [1.29, 1.82) is 0 Å². The molecule has 1 aliphatic heterocycles. The minimum absolute atomic E-state index is 0.292. The van der Waals surface area contributed by atoms with Crippen LogP contribution in [0.25, 0.3) is 5.70 Å². The van der Waals surface area contributed by atoms with Crippen molar-refractivity contribution in [2.24, 2.45) is 0 Å². The summed E-state index contributed by atoms with van der Waals surface area (Å²) in [7, 11) is 1.58. The van der Waals surface area contributed by atoms with Crippen LogP contribution in [0.5, 0.6) is 11.5 Å². The number of nitrogens with one attached hydrogen (secondary N) is 2. The molecule has 0 saturated heterocycles. The fourth-order valence-electron chi connectivity index (χ4n) is 3.98. The molecule has 1 aliphatic rings. The zero-order valence-corrected chi connectivity index (χ0v) is 20.8. The molecule has 2 N–H and O–H groups in total. The first kappa shape index (κ1) is 24.9. The Morgan fingerprint density at radius 2 is 1.67 bits per heavy atom. The summed E-state index contributed by atoms with van der Waals surface area (Å²) < 4.78 is 17.0. The third-order valence-corrected chi connectivity index (χ3v) is 5.76. The highest BCUT2D eigenvalue weighted by atomic mass is 16.5. The van der Waals surface area contributed by atoms with Gasteiger partial charge in [-0.25, -0.2) is 9.59 Å². The maximum absolute atomic E-state index is 13.4. The SMILES string of the molecule is COc1ccc(C2=C(C(=O)OC(C)C)C(c3ccccc3OCc3ccc(C)cc3)NC(=O)N2)cc1. The summed E-state index contributed by atoms with van der Waals surface area (Å²) in [6, 6.07) is 21.4. The number of urea groups is 1. The van der Waals surface area contributed by atoms with E-state index in [9.17, 15) is 9.59 Å². The predicted molar refractivity (Wildman–Crippen MR) is 138 cm³/mol. The van der Waals surface area contributed by atoms with Crippen LogP contribution in [0.3, 0.4) is 0 Å². The number of esters is 1. The molecule has 4 rings (SSSR count). The maximum atomic E-state index is 13.4. The second-order valence-corrected chi connectivity index (χ2v) is 8.81. The second kappa shape index (κ2) is 11.0. The highest BCUT2D eigenvalue weighted by Crippen LogP contribution is 2.37. The number of methoxy groups -OCH3 is 1. The summed E-state index contributed by atoms with van der Waals surface area (Å²) in [5.74, 6) is 0.702. The molecular formula is C29H30N2O5. The van der Waals surface area contributed by atoms with Crippen LogP contribution in [0.4, 0.5) is 4.79 Å². The summed E-state index contributed by atoms with van der Waals surface area (Å²) in [6.07, 6.45) is -0.339. The molecule has 3 aromatic carbocycles. The maximum Gasteiger partial charge on any atom is 0.338 e. The molecule has 0 fully saturated rings. The van der Waals surface area contributed by atoms with Gasteiger partial charge in [0.15, 0.2) is 0 Å². The van der Waals surface area contributed by atoms with Crippen molar-refractivity contribution < 1.29 is 23.8 Å². The van der Waals surface area contributed by atoms with Gasteiger partial charge in [0.05, 0.1) is 30.5 Å². The molecule has 0 spiro atoms. The monoisotopic (exact) mass is 486 g/mol. The topological polar surface area (TPSA) is 85.9 Å². The van der Waals surface area contributed by atoms with Crippen LogP contribution >= 0.6 is 0 Å². The Bertz CT molecular complexity index is 1260. The molecule has 2 amide bonds. The number of hydrogen-bond acceptors (Lipinski definition) is 5. The number of rotatable bonds is 8. The molecule has 0 aliphatic carbocycles. The third kappa shape index (κ3) is 5.68. The van der Waals surface area contributed by atoms with E-state index >= 15 is 0 Å². The third-order valence-electron chi connectivity index (χ3n) is 5.76. The number of ether oxygens (including phenoxy) is 3. The van der Waals surface area contributed by atoms with Gasteiger partial charge in [-0.05, 0) is 62.2 Å². The average molecular weight is 487 g/mol. The first-order valence-electron chi connectivity index (χ1n) is 11.8. The van der Waals surface area contributed by atoms with Crippen LogP contribution < -0.4 is 20.1 Å². The van der Waals surface area contributed by atoms with Gasteiger partial charge in [-0.1, -0.05) is 48.0 Å². The van der Waals surface area contributed by atoms with Crippen molar-refractivity contribution in [3.63, 3.8) is 0 Å². The lowest BCUT2D eigenvalue weighted by molar-refractivity contribution is -0.143. The van der Waals surface area contributed by atoms with Gasteiger partial charge in [0, 0.05) is 5.56 Å². The Kier molecular flexibility index (Phi) is 7.59. The molecule has 1 heterocycles. The van der Waals surface area contributed by atoms with Gasteiger partial charge in [0.1, 0.15) is 18.1 Å². The minimum Gasteiger partial charge on any atom is -0.497 e. The fraction of sp³-hybridized carbons (Fsp3) is 0.241. The molecule has 3 aromatic rings. The van der Waals surface area contributed by atoms with Gasteiger partial charge < -0.3 is 24.8 Å². The van der Waals surface area contributed by atoms with E-state index in [0.717, 1.165) is 5.56 Å². The molecule has 7 nitrogen and oxygen atoms in total. The summed E-state index contributed by atoms with van der Waals surface area (Å²) in [5.41, 5.74) is 4.16. The van der Waals surface area contributed by atoms with Crippen molar-refractivity contribution >= 4 is 17.7 Å². The fourth-order valence-corrected chi connectivity index (χ4v) is 3.98. The van der Waals surface area contributed by atoms with Crippen molar-refractivity contribution in [2.75, 3.05) is 7.11 Å². The molecule has 36 heavy (non-hydrogen) atoms. The number of aryl methyl sites for hydroxylation is 1. The minimum atomic E-state index is -0.781. The van der Waals surface area contributed by atoms with Crippen molar-refractivity contribution in [3.05, 3.63) is 101 Å². The zero-order chi connectivity index (χ0) is 25.7. The van der Waals surface area contributed by atoms with Gasteiger partial charge in [-0.2, -0.15) is 0 Å². The van der Waals surface area contributed by atoms with Crippen LogP contribution in [0.1, 0.15) is 42.1 Å². The molecular weight excluding hydrogens is 456 g/mol. The summed E-state index contributed by atoms with van der Waals surface area (Å²) in [4.78, 5) is 26.2.